The topological polar surface area (TPSA) is 127 Å². The molecule has 2 aromatic rings. The van der Waals surface area contributed by atoms with Gasteiger partial charge in [-0.1, -0.05) is 12.1 Å². The van der Waals surface area contributed by atoms with E-state index in [0.29, 0.717) is 41.8 Å². The number of rotatable bonds is 7. The molecular formula is C18H24N4O4S. The van der Waals surface area contributed by atoms with Crippen LogP contribution in [0.25, 0.3) is 0 Å². The molecule has 0 radical (unpaired) electrons. The van der Waals surface area contributed by atoms with Gasteiger partial charge in [-0.25, -0.2) is 13.4 Å². The van der Waals surface area contributed by atoms with Crippen molar-refractivity contribution in [2.45, 2.75) is 31.8 Å². The second-order valence-electron chi connectivity index (χ2n) is 6.05. The largest absolute Gasteiger partial charge is 0.454 e. The van der Waals surface area contributed by atoms with Crippen LogP contribution < -0.4 is 16.4 Å². The Hall–Kier alpha value is -2.81. The molecule has 2 rings (SSSR count). The number of nitrogens with zero attached hydrogens (tertiary/aromatic N) is 1. The van der Waals surface area contributed by atoms with Crippen molar-refractivity contribution < 1.29 is 17.6 Å². The Bertz CT molecular complexity index is 948. The Labute approximate surface area is 158 Å². The van der Waals surface area contributed by atoms with E-state index in [2.05, 4.69) is 15.6 Å². The first-order valence-electron chi connectivity index (χ1n) is 8.41. The number of primary amides is 1. The van der Waals surface area contributed by atoms with Crippen LogP contribution in [-0.2, 0) is 22.9 Å². The lowest BCUT2D eigenvalue weighted by Crippen LogP contribution is -2.36. The molecule has 0 fully saturated rings. The van der Waals surface area contributed by atoms with Crippen molar-refractivity contribution in [2.24, 2.45) is 10.7 Å². The Morgan fingerprint density at radius 1 is 1.22 bits per heavy atom. The van der Waals surface area contributed by atoms with Gasteiger partial charge >= 0.3 is 0 Å². The molecule has 0 unspecified atom stereocenters. The summed E-state index contributed by atoms with van der Waals surface area (Å²) in [6.07, 6.45) is 1.19. The van der Waals surface area contributed by atoms with Crippen molar-refractivity contribution in [3.05, 3.63) is 53.0 Å². The summed E-state index contributed by atoms with van der Waals surface area (Å²) in [6, 6.07) is 8.36. The molecule has 1 aromatic carbocycles. The predicted octanol–water partition coefficient (Wildman–Crippen LogP) is 1.35. The minimum absolute atomic E-state index is 0.107. The highest BCUT2D eigenvalue weighted by atomic mass is 32.2. The fourth-order valence-electron chi connectivity index (χ4n) is 2.51. The van der Waals surface area contributed by atoms with Gasteiger partial charge < -0.3 is 20.8 Å². The van der Waals surface area contributed by atoms with Gasteiger partial charge in [0.15, 0.2) is 21.6 Å². The van der Waals surface area contributed by atoms with E-state index in [9.17, 15) is 13.2 Å². The van der Waals surface area contributed by atoms with Crippen molar-refractivity contribution in [3.8, 4) is 0 Å². The van der Waals surface area contributed by atoms with Gasteiger partial charge in [0.1, 0.15) is 5.76 Å². The summed E-state index contributed by atoms with van der Waals surface area (Å²) in [7, 11) is -3.24. The standard InChI is InChI=1S/C18H24N4O4S/c1-4-20-18(22-11-14-6-7-15(26-14)17(19)23)21-10-13-5-8-16(12(2)9-13)27(3,24)25/h5-9H,4,10-11H2,1-3H3,(H2,19,23)(H2,20,21,22). The molecule has 0 aliphatic carbocycles. The first kappa shape index (κ1) is 20.5. The minimum atomic E-state index is -3.24. The quantitative estimate of drug-likeness (QED) is 0.482. The highest BCUT2D eigenvalue weighted by Crippen LogP contribution is 2.17. The summed E-state index contributed by atoms with van der Waals surface area (Å²) >= 11 is 0. The molecule has 146 valence electrons. The SMILES string of the molecule is CCNC(=NCc1ccc(S(C)(=O)=O)c(C)c1)NCc1ccc(C(N)=O)o1. The lowest BCUT2D eigenvalue weighted by Gasteiger charge is -2.11. The maximum atomic E-state index is 11.7. The number of nitrogens with two attached hydrogens (primary N) is 1. The highest BCUT2D eigenvalue weighted by Gasteiger charge is 2.11. The Morgan fingerprint density at radius 2 is 1.96 bits per heavy atom. The van der Waals surface area contributed by atoms with Gasteiger partial charge in [-0.05, 0) is 43.2 Å². The number of carbonyl (C=O) groups excluding carboxylic acids is 1. The number of amides is 1. The molecule has 0 bridgehead atoms. The normalized spacial score (nSPS) is 12.0. The van der Waals surface area contributed by atoms with Crippen molar-refractivity contribution >= 4 is 21.7 Å². The molecule has 0 aliphatic heterocycles. The van der Waals surface area contributed by atoms with Crippen LogP contribution in [0.1, 0.15) is 34.4 Å². The number of nitrogens with one attached hydrogen (secondary N) is 2. The first-order chi connectivity index (χ1) is 12.7. The number of benzene rings is 1. The van der Waals surface area contributed by atoms with E-state index in [1.165, 1.54) is 12.3 Å². The maximum absolute atomic E-state index is 11.7. The number of hydrogen-bond acceptors (Lipinski definition) is 5. The van der Waals surface area contributed by atoms with Gasteiger partial charge in [-0.3, -0.25) is 4.79 Å². The minimum Gasteiger partial charge on any atom is -0.454 e. The molecule has 0 atom stereocenters. The van der Waals surface area contributed by atoms with E-state index in [1.54, 1.807) is 25.1 Å². The molecular weight excluding hydrogens is 368 g/mol. The van der Waals surface area contributed by atoms with Crippen LogP contribution in [0.4, 0.5) is 0 Å². The van der Waals surface area contributed by atoms with Crippen molar-refractivity contribution in [3.63, 3.8) is 0 Å². The summed E-state index contributed by atoms with van der Waals surface area (Å²) in [5.41, 5.74) is 6.75. The molecule has 1 aromatic heterocycles. The monoisotopic (exact) mass is 392 g/mol. The molecule has 0 saturated carbocycles. The van der Waals surface area contributed by atoms with Gasteiger partial charge in [0, 0.05) is 12.8 Å². The highest BCUT2D eigenvalue weighted by molar-refractivity contribution is 7.90. The van der Waals surface area contributed by atoms with Crippen LogP contribution in [0, 0.1) is 6.92 Å². The summed E-state index contributed by atoms with van der Waals surface area (Å²) in [4.78, 5) is 15.9. The van der Waals surface area contributed by atoms with Crippen LogP contribution >= 0.6 is 0 Å². The van der Waals surface area contributed by atoms with E-state index in [1.807, 2.05) is 13.0 Å². The number of guanidine groups is 1. The Morgan fingerprint density at radius 3 is 2.52 bits per heavy atom. The number of aliphatic imine (C=N–C) groups is 1. The molecule has 0 saturated heterocycles. The fraction of sp³-hybridized carbons (Fsp3) is 0.333. The van der Waals surface area contributed by atoms with Crippen LogP contribution in [0.3, 0.4) is 0 Å². The molecule has 1 amide bonds. The summed E-state index contributed by atoms with van der Waals surface area (Å²) in [6.45, 7) is 5.10. The average molecular weight is 392 g/mol. The molecule has 8 nitrogen and oxygen atoms in total. The molecule has 4 N–H and O–H groups in total. The predicted molar refractivity (Wildman–Crippen MR) is 103 cm³/mol. The molecule has 0 spiro atoms. The second-order valence-corrected chi connectivity index (χ2v) is 8.04. The summed E-state index contributed by atoms with van der Waals surface area (Å²) < 4.78 is 28.7. The number of hydrogen-bond donors (Lipinski definition) is 3. The molecule has 1 heterocycles. The van der Waals surface area contributed by atoms with Gasteiger partial charge in [0.05, 0.1) is 18.0 Å². The molecule has 9 heteroatoms. The number of carbonyl (C=O) groups is 1. The maximum Gasteiger partial charge on any atom is 0.284 e. The van der Waals surface area contributed by atoms with Gasteiger partial charge in [-0.15, -0.1) is 0 Å². The van der Waals surface area contributed by atoms with Crippen LogP contribution in [0.2, 0.25) is 0 Å². The van der Waals surface area contributed by atoms with E-state index in [4.69, 9.17) is 10.2 Å². The number of furan rings is 1. The third-order valence-corrected chi connectivity index (χ3v) is 4.99. The summed E-state index contributed by atoms with van der Waals surface area (Å²) in [5, 5.41) is 6.22. The van der Waals surface area contributed by atoms with Crippen LogP contribution in [-0.4, -0.2) is 33.1 Å². The van der Waals surface area contributed by atoms with Crippen LogP contribution in [0.15, 0.2) is 44.6 Å². The van der Waals surface area contributed by atoms with E-state index < -0.39 is 15.7 Å². The molecule has 0 aliphatic rings. The van der Waals surface area contributed by atoms with E-state index in [-0.39, 0.29) is 5.76 Å². The third kappa shape index (κ3) is 5.85. The lowest BCUT2D eigenvalue weighted by molar-refractivity contribution is 0.0972. The van der Waals surface area contributed by atoms with Crippen molar-refractivity contribution in [1.29, 1.82) is 0 Å². The fourth-order valence-corrected chi connectivity index (χ4v) is 3.47. The molecule has 27 heavy (non-hydrogen) atoms. The van der Waals surface area contributed by atoms with Gasteiger partial charge in [0.25, 0.3) is 5.91 Å². The van der Waals surface area contributed by atoms with Gasteiger partial charge in [-0.2, -0.15) is 0 Å². The van der Waals surface area contributed by atoms with E-state index >= 15 is 0 Å². The summed E-state index contributed by atoms with van der Waals surface area (Å²) in [5.74, 6) is 0.618. The van der Waals surface area contributed by atoms with Crippen molar-refractivity contribution in [1.82, 2.24) is 10.6 Å². The lowest BCUT2D eigenvalue weighted by atomic mass is 10.1. The van der Waals surface area contributed by atoms with Gasteiger partial charge in [0.2, 0.25) is 0 Å². The Balaban J connectivity index is 2.06. The second kappa shape index (κ2) is 8.72. The smallest absolute Gasteiger partial charge is 0.284 e. The number of aryl methyl sites for hydroxylation is 1. The average Bonchev–Trinajstić information content (AvgIpc) is 3.05. The zero-order valence-corrected chi connectivity index (χ0v) is 16.4. The van der Waals surface area contributed by atoms with Crippen LogP contribution in [0.5, 0.6) is 0 Å². The van der Waals surface area contributed by atoms with E-state index in [0.717, 1.165) is 5.56 Å². The third-order valence-electron chi connectivity index (χ3n) is 3.74. The zero-order chi connectivity index (χ0) is 20.0. The van der Waals surface area contributed by atoms with Crippen molar-refractivity contribution in [2.75, 3.05) is 12.8 Å². The first-order valence-corrected chi connectivity index (χ1v) is 10.3. The number of sulfone groups is 1. The zero-order valence-electron chi connectivity index (χ0n) is 15.6. The Kier molecular flexibility index (Phi) is 6.62.